The molecule has 1 aromatic heterocycles. The third-order valence-corrected chi connectivity index (χ3v) is 4.42. The summed E-state index contributed by atoms with van der Waals surface area (Å²) in [7, 11) is 1.33. The molecule has 1 N–H and O–H groups in total. The van der Waals surface area contributed by atoms with Crippen LogP contribution in [0, 0.1) is 6.92 Å². The standard InChI is InChI=1S/C18H22N4O4/c1-12-20-16(21-26-12)14-8-6-13(7-9-14)11-19-17(23)15-5-3-4-10-22(15)18(24)25-2/h6-9,15H,3-5,10-11H2,1-2H3,(H,19,23)/t15-/m0/s1. The lowest BCUT2D eigenvalue weighted by Gasteiger charge is -2.33. The first-order valence-electron chi connectivity index (χ1n) is 8.60. The van der Waals surface area contributed by atoms with Crippen molar-refractivity contribution in [2.45, 2.75) is 38.8 Å². The number of aromatic nitrogens is 2. The maximum atomic E-state index is 12.5. The second-order valence-electron chi connectivity index (χ2n) is 6.23. The van der Waals surface area contributed by atoms with Crippen LogP contribution in [0.2, 0.25) is 0 Å². The molecule has 2 aromatic rings. The van der Waals surface area contributed by atoms with Gasteiger partial charge in [-0.3, -0.25) is 9.69 Å². The zero-order valence-electron chi connectivity index (χ0n) is 14.9. The van der Waals surface area contributed by atoms with Gasteiger partial charge in [0.05, 0.1) is 7.11 Å². The highest BCUT2D eigenvalue weighted by atomic mass is 16.5. The average molecular weight is 358 g/mol. The van der Waals surface area contributed by atoms with Crippen LogP contribution in [-0.4, -0.2) is 46.7 Å². The van der Waals surface area contributed by atoms with E-state index in [4.69, 9.17) is 9.26 Å². The number of hydrogen-bond donors (Lipinski definition) is 1. The molecule has 2 heterocycles. The minimum Gasteiger partial charge on any atom is -0.453 e. The van der Waals surface area contributed by atoms with Gasteiger partial charge in [-0.2, -0.15) is 4.98 Å². The van der Waals surface area contributed by atoms with Crippen LogP contribution in [0.4, 0.5) is 4.79 Å². The summed E-state index contributed by atoms with van der Waals surface area (Å²) in [5.74, 6) is 0.890. The van der Waals surface area contributed by atoms with Crippen LogP contribution in [0.5, 0.6) is 0 Å². The van der Waals surface area contributed by atoms with Crippen molar-refractivity contribution in [1.29, 1.82) is 0 Å². The number of ether oxygens (including phenoxy) is 1. The summed E-state index contributed by atoms with van der Waals surface area (Å²) in [6.45, 7) is 2.67. The number of amides is 2. The molecule has 26 heavy (non-hydrogen) atoms. The minimum absolute atomic E-state index is 0.159. The Morgan fingerprint density at radius 3 is 2.73 bits per heavy atom. The summed E-state index contributed by atoms with van der Waals surface area (Å²) in [6.07, 6.45) is 2.00. The van der Waals surface area contributed by atoms with Gasteiger partial charge in [-0.25, -0.2) is 4.79 Å². The van der Waals surface area contributed by atoms with Crippen molar-refractivity contribution in [3.05, 3.63) is 35.7 Å². The van der Waals surface area contributed by atoms with E-state index in [2.05, 4.69) is 15.5 Å². The molecule has 1 aliphatic rings. The van der Waals surface area contributed by atoms with Gasteiger partial charge in [-0.15, -0.1) is 0 Å². The fourth-order valence-electron chi connectivity index (χ4n) is 3.04. The Kier molecular flexibility index (Phi) is 5.50. The molecule has 138 valence electrons. The quantitative estimate of drug-likeness (QED) is 0.900. The van der Waals surface area contributed by atoms with Gasteiger partial charge in [0, 0.05) is 25.6 Å². The number of nitrogens with one attached hydrogen (secondary N) is 1. The van der Waals surface area contributed by atoms with Crippen molar-refractivity contribution >= 4 is 12.0 Å². The molecule has 0 aliphatic carbocycles. The molecule has 3 rings (SSSR count). The zero-order chi connectivity index (χ0) is 18.5. The van der Waals surface area contributed by atoms with E-state index in [-0.39, 0.29) is 5.91 Å². The number of likely N-dealkylation sites (tertiary alicyclic amines) is 1. The van der Waals surface area contributed by atoms with E-state index in [1.54, 1.807) is 6.92 Å². The first-order chi connectivity index (χ1) is 12.6. The molecule has 1 saturated heterocycles. The van der Waals surface area contributed by atoms with Crippen LogP contribution in [0.1, 0.15) is 30.7 Å². The number of carbonyl (C=O) groups excluding carboxylic acids is 2. The molecule has 0 bridgehead atoms. The summed E-state index contributed by atoms with van der Waals surface area (Å²) < 4.78 is 9.75. The Hall–Kier alpha value is -2.90. The van der Waals surface area contributed by atoms with Crippen molar-refractivity contribution in [3.63, 3.8) is 0 Å². The van der Waals surface area contributed by atoms with E-state index in [1.165, 1.54) is 12.0 Å². The normalized spacial score (nSPS) is 17.0. The van der Waals surface area contributed by atoms with Gasteiger partial charge in [0.2, 0.25) is 17.6 Å². The number of nitrogens with zero attached hydrogens (tertiary/aromatic N) is 3. The largest absolute Gasteiger partial charge is 0.453 e. The van der Waals surface area contributed by atoms with E-state index in [0.29, 0.717) is 31.2 Å². The molecule has 1 fully saturated rings. The number of methoxy groups -OCH3 is 1. The predicted octanol–water partition coefficient (Wildman–Crippen LogP) is 2.28. The van der Waals surface area contributed by atoms with E-state index >= 15 is 0 Å². The summed E-state index contributed by atoms with van der Waals surface area (Å²) >= 11 is 0. The second-order valence-corrected chi connectivity index (χ2v) is 6.23. The fraction of sp³-hybridized carbons (Fsp3) is 0.444. The lowest BCUT2D eigenvalue weighted by Crippen LogP contribution is -2.51. The SMILES string of the molecule is COC(=O)N1CCCC[C@H]1C(=O)NCc1ccc(-c2noc(C)n2)cc1. The van der Waals surface area contributed by atoms with Crippen molar-refractivity contribution in [2.75, 3.05) is 13.7 Å². The molecule has 8 nitrogen and oxygen atoms in total. The Balaban J connectivity index is 1.59. The zero-order valence-corrected chi connectivity index (χ0v) is 14.9. The molecule has 1 aliphatic heterocycles. The molecule has 8 heteroatoms. The summed E-state index contributed by atoms with van der Waals surface area (Å²) in [4.78, 5) is 30.0. The Morgan fingerprint density at radius 2 is 2.08 bits per heavy atom. The monoisotopic (exact) mass is 358 g/mol. The Bertz CT molecular complexity index is 772. The molecule has 2 amide bonds. The van der Waals surface area contributed by atoms with Gasteiger partial charge in [0.15, 0.2) is 0 Å². The van der Waals surface area contributed by atoms with Gasteiger partial charge in [0.25, 0.3) is 0 Å². The van der Waals surface area contributed by atoms with Crippen LogP contribution in [0.25, 0.3) is 11.4 Å². The molecular formula is C18H22N4O4. The molecular weight excluding hydrogens is 336 g/mol. The van der Waals surface area contributed by atoms with Crippen molar-refractivity contribution in [1.82, 2.24) is 20.4 Å². The summed E-state index contributed by atoms with van der Waals surface area (Å²) in [6, 6.07) is 7.10. The number of carbonyl (C=O) groups is 2. The summed E-state index contributed by atoms with van der Waals surface area (Å²) in [5, 5.41) is 6.78. The van der Waals surface area contributed by atoms with Crippen LogP contribution in [0.15, 0.2) is 28.8 Å². The first kappa shape index (κ1) is 17.9. The van der Waals surface area contributed by atoms with Gasteiger partial charge in [-0.1, -0.05) is 29.4 Å². The minimum atomic E-state index is -0.474. The van der Waals surface area contributed by atoms with Crippen molar-refractivity contribution in [3.8, 4) is 11.4 Å². The number of aryl methyl sites for hydroxylation is 1. The van der Waals surface area contributed by atoms with E-state index < -0.39 is 12.1 Å². The number of hydrogen-bond acceptors (Lipinski definition) is 6. The van der Waals surface area contributed by atoms with Crippen molar-refractivity contribution < 1.29 is 18.8 Å². The van der Waals surface area contributed by atoms with Gasteiger partial charge in [0.1, 0.15) is 6.04 Å². The van der Waals surface area contributed by atoms with Crippen LogP contribution in [-0.2, 0) is 16.1 Å². The topological polar surface area (TPSA) is 97.6 Å². The fourth-order valence-corrected chi connectivity index (χ4v) is 3.04. The maximum Gasteiger partial charge on any atom is 0.410 e. The third-order valence-electron chi connectivity index (χ3n) is 4.42. The Labute approximate surface area is 151 Å². The van der Waals surface area contributed by atoms with E-state index in [1.807, 2.05) is 24.3 Å². The highest BCUT2D eigenvalue weighted by molar-refractivity contribution is 5.85. The summed E-state index contributed by atoms with van der Waals surface area (Å²) in [5.41, 5.74) is 1.80. The van der Waals surface area contributed by atoms with Gasteiger partial charge in [-0.05, 0) is 24.8 Å². The highest BCUT2D eigenvalue weighted by Gasteiger charge is 2.32. The second kappa shape index (κ2) is 7.99. The Morgan fingerprint density at radius 1 is 1.31 bits per heavy atom. The average Bonchev–Trinajstić information content (AvgIpc) is 3.12. The molecule has 0 spiro atoms. The van der Waals surface area contributed by atoms with Gasteiger partial charge >= 0.3 is 6.09 Å². The number of rotatable bonds is 4. The molecule has 0 unspecified atom stereocenters. The number of benzene rings is 1. The third kappa shape index (κ3) is 4.01. The van der Waals surface area contributed by atoms with Crippen molar-refractivity contribution in [2.24, 2.45) is 0 Å². The highest BCUT2D eigenvalue weighted by Crippen LogP contribution is 2.19. The lowest BCUT2D eigenvalue weighted by atomic mass is 10.0. The molecule has 1 atom stereocenters. The van der Waals surface area contributed by atoms with Gasteiger partial charge < -0.3 is 14.6 Å². The first-order valence-corrected chi connectivity index (χ1v) is 8.60. The van der Waals surface area contributed by atoms with E-state index in [9.17, 15) is 9.59 Å². The number of piperidine rings is 1. The van der Waals surface area contributed by atoms with E-state index in [0.717, 1.165) is 24.0 Å². The lowest BCUT2D eigenvalue weighted by molar-refractivity contribution is -0.127. The maximum absolute atomic E-state index is 12.5. The molecule has 1 aromatic carbocycles. The van der Waals surface area contributed by atoms with Crippen LogP contribution < -0.4 is 5.32 Å². The van der Waals surface area contributed by atoms with Crippen LogP contribution in [0.3, 0.4) is 0 Å². The van der Waals surface area contributed by atoms with Crippen LogP contribution >= 0.6 is 0 Å². The smallest absolute Gasteiger partial charge is 0.410 e. The predicted molar refractivity (Wildman–Crippen MR) is 93.1 cm³/mol. The molecule has 0 saturated carbocycles. The molecule has 0 radical (unpaired) electrons.